The number of benzene rings is 1. The Morgan fingerprint density at radius 2 is 1.48 bits per heavy atom. The summed E-state index contributed by atoms with van der Waals surface area (Å²) in [6.07, 6.45) is 5.82. The highest BCUT2D eigenvalue weighted by molar-refractivity contribution is 6.05. The molecule has 1 aromatic carbocycles. The smallest absolute Gasteiger partial charge is 0.233 e. The monoisotopic (exact) mass is 369 g/mol. The highest BCUT2D eigenvalue weighted by Gasteiger charge is 2.46. The molecule has 1 saturated heterocycles. The molecule has 2 aliphatic rings. The quantitative estimate of drug-likeness (QED) is 0.594. The summed E-state index contributed by atoms with van der Waals surface area (Å²) >= 11 is 0. The number of nitrogens with zero attached hydrogens (tertiary/aromatic N) is 1. The molecule has 0 bridgehead atoms. The first-order valence-electron chi connectivity index (χ1n) is 9.13. The largest absolute Gasteiger partial charge is 0.326 e. The van der Waals surface area contributed by atoms with Crippen molar-refractivity contribution < 1.29 is 19.2 Å². The molecule has 1 fully saturated rings. The molecule has 7 heteroatoms. The lowest BCUT2D eigenvalue weighted by Gasteiger charge is -2.14. The Bertz CT molecular complexity index is 759. The van der Waals surface area contributed by atoms with Crippen molar-refractivity contribution in [3.63, 3.8) is 0 Å². The van der Waals surface area contributed by atoms with Crippen LogP contribution in [0.15, 0.2) is 36.4 Å². The third-order valence-corrected chi connectivity index (χ3v) is 4.87. The van der Waals surface area contributed by atoms with Crippen molar-refractivity contribution in [1.82, 2.24) is 4.90 Å². The molecule has 1 heterocycles. The third-order valence-electron chi connectivity index (χ3n) is 4.87. The fourth-order valence-corrected chi connectivity index (χ4v) is 3.55. The van der Waals surface area contributed by atoms with Crippen LogP contribution in [-0.4, -0.2) is 35.1 Å². The fourth-order valence-electron chi connectivity index (χ4n) is 3.55. The molecular formula is C20H23N3O4. The van der Waals surface area contributed by atoms with Gasteiger partial charge in [0.1, 0.15) is 0 Å². The van der Waals surface area contributed by atoms with E-state index < -0.39 is 0 Å². The molecule has 142 valence electrons. The van der Waals surface area contributed by atoms with E-state index in [1.54, 1.807) is 24.3 Å². The first-order chi connectivity index (χ1) is 13.0. The van der Waals surface area contributed by atoms with Gasteiger partial charge in [0.2, 0.25) is 23.6 Å². The van der Waals surface area contributed by atoms with Crippen LogP contribution in [-0.2, 0) is 19.2 Å². The van der Waals surface area contributed by atoms with Gasteiger partial charge in [-0.3, -0.25) is 24.1 Å². The molecule has 1 aliphatic heterocycles. The average molecular weight is 369 g/mol. The van der Waals surface area contributed by atoms with Gasteiger partial charge in [-0.25, -0.2) is 0 Å². The second-order valence-electron chi connectivity index (χ2n) is 6.89. The van der Waals surface area contributed by atoms with E-state index in [1.807, 2.05) is 12.2 Å². The molecule has 7 nitrogen and oxygen atoms in total. The number of carbonyl (C=O) groups excluding carboxylic acids is 4. The Balaban J connectivity index is 1.45. The van der Waals surface area contributed by atoms with Crippen LogP contribution >= 0.6 is 0 Å². The Labute approximate surface area is 157 Å². The summed E-state index contributed by atoms with van der Waals surface area (Å²) in [6.45, 7) is 1.70. The minimum absolute atomic E-state index is 0.108. The summed E-state index contributed by atoms with van der Waals surface area (Å²) in [4.78, 5) is 49.1. The molecule has 0 radical (unpaired) electrons. The van der Waals surface area contributed by atoms with Crippen LogP contribution in [0.1, 0.15) is 32.6 Å². The minimum atomic E-state index is -0.224. The van der Waals surface area contributed by atoms with Crippen molar-refractivity contribution in [2.75, 3.05) is 17.2 Å². The van der Waals surface area contributed by atoms with Crippen molar-refractivity contribution in [2.45, 2.75) is 32.6 Å². The van der Waals surface area contributed by atoms with Gasteiger partial charge < -0.3 is 10.6 Å². The van der Waals surface area contributed by atoms with Gasteiger partial charge in [0.05, 0.1) is 11.8 Å². The van der Waals surface area contributed by atoms with E-state index in [9.17, 15) is 19.2 Å². The number of anilines is 2. The molecule has 1 aromatic rings. The molecule has 2 N–H and O–H groups in total. The predicted octanol–water partition coefficient (Wildman–Crippen LogP) is 2.31. The Kier molecular flexibility index (Phi) is 5.69. The summed E-state index contributed by atoms with van der Waals surface area (Å²) < 4.78 is 0. The number of fused-ring (bicyclic) bond motifs is 1. The maximum atomic E-state index is 12.4. The number of carbonyl (C=O) groups is 4. The Morgan fingerprint density at radius 1 is 0.963 bits per heavy atom. The lowest BCUT2D eigenvalue weighted by molar-refractivity contribution is -0.140. The van der Waals surface area contributed by atoms with Crippen LogP contribution < -0.4 is 10.6 Å². The van der Waals surface area contributed by atoms with Crippen molar-refractivity contribution >= 4 is 35.0 Å². The van der Waals surface area contributed by atoms with Crippen molar-refractivity contribution in [3.8, 4) is 0 Å². The predicted molar refractivity (Wildman–Crippen MR) is 101 cm³/mol. The molecule has 1 aliphatic carbocycles. The van der Waals surface area contributed by atoms with Crippen LogP contribution in [0.3, 0.4) is 0 Å². The number of nitrogens with one attached hydrogen (secondary N) is 2. The SMILES string of the molecule is CC(=O)Nc1ccc(NC(=O)CCCN2C(=O)[C@H]3CC=CC[C@@H]3C2=O)cc1. The normalized spacial score (nSPS) is 21.1. The third kappa shape index (κ3) is 4.42. The first-order valence-corrected chi connectivity index (χ1v) is 9.13. The van der Waals surface area contributed by atoms with Gasteiger partial charge in [-0.05, 0) is 43.5 Å². The molecule has 3 rings (SSSR count). The zero-order valence-electron chi connectivity index (χ0n) is 15.2. The molecule has 2 atom stereocenters. The van der Waals surface area contributed by atoms with Crippen molar-refractivity contribution in [2.24, 2.45) is 11.8 Å². The van der Waals surface area contributed by atoms with Gasteiger partial charge in [-0.2, -0.15) is 0 Å². The van der Waals surface area contributed by atoms with Crippen LogP contribution in [0.25, 0.3) is 0 Å². The molecule has 0 unspecified atom stereocenters. The summed E-state index contributed by atoms with van der Waals surface area (Å²) in [7, 11) is 0. The second kappa shape index (κ2) is 8.16. The van der Waals surface area contributed by atoms with Gasteiger partial charge in [-0.1, -0.05) is 12.2 Å². The fraction of sp³-hybridized carbons (Fsp3) is 0.400. The standard InChI is InChI=1S/C20H23N3O4/c1-13(24)21-14-8-10-15(11-9-14)22-18(25)7-4-12-23-19(26)16-5-2-3-6-17(16)20(23)27/h2-3,8-11,16-17H,4-7,12H2,1H3,(H,21,24)(H,22,25)/t16-,17-/m0/s1. The number of allylic oxidation sites excluding steroid dienone is 2. The van der Waals surface area contributed by atoms with Crippen LogP contribution in [0.2, 0.25) is 0 Å². The van der Waals surface area contributed by atoms with Gasteiger partial charge >= 0.3 is 0 Å². The Morgan fingerprint density at radius 3 is 2.00 bits per heavy atom. The van der Waals surface area contributed by atoms with E-state index in [-0.39, 0.29) is 48.4 Å². The van der Waals surface area contributed by atoms with E-state index in [4.69, 9.17) is 0 Å². The first kappa shape index (κ1) is 18.8. The van der Waals surface area contributed by atoms with Crippen LogP contribution in [0, 0.1) is 11.8 Å². The average Bonchev–Trinajstić information content (AvgIpc) is 2.88. The number of hydrogen-bond acceptors (Lipinski definition) is 4. The number of imide groups is 1. The minimum Gasteiger partial charge on any atom is -0.326 e. The van der Waals surface area contributed by atoms with Crippen LogP contribution in [0.5, 0.6) is 0 Å². The number of likely N-dealkylation sites (tertiary alicyclic amines) is 1. The lowest BCUT2D eigenvalue weighted by atomic mass is 9.85. The van der Waals surface area contributed by atoms with Gasteiger partial charge in [0.15, 0.2) is 0 Å². The summed E-state index contributed by atoms with van der Waals surface area (Å²) in [5.41, 5.74) is 1.28. The second-order valence-corrected chi connectivity index (χ2v) is 6.89. The zero-order chi connectivity index (χ0) is 19.4. The number of hydrogen-bond donors (Lipinski definition) is 2. The van der Waals surface area contributed by atoms with Gasteiger partial charge in [-0.15, -0.1) is 0 Å². The highest BCUT2D eigenvalue weighted by Crippen LogP contribution is 2.35. The number of amides is 4. The zero-order valence-corrected chi connectivity index (χ0v) is 15.2. The maximum Gasteiger partial charge on any atom is 0.233 e. The van der Waals surface area contributed by atoms with Crippen LogP contribution in [0.4, 0.5) is 11.4 Å². The summed E-state index contributed by atoms with van der Waals surface area (Å²) in [5, 5.41) is 5.42. The summed E-state index contributed by atoms with van der Waals surface area (Å²) in [5.74, 6) is -1.00. The maximum absolute atomic E-state index is 12.4. The molecule has 27 heavy (non-hydrogen) atoms. The van der Waals surface area contributed by atoms with Gasteiger partial charge in [0.25, 0.3) is 0 Å². The molecule has 0 saturated carbocycles. The highest BCUT2D eigenvalue weighted by atomic mass is 16.2. The molecular weight excluding hydrogens is 346 g/mol. The van der Waals surface area contributed by atoms with E-state index in [2.05, 4.69) is 10.6 Å². The van der Waals surface area contributed by atoms with E-state index in [0.29, 0.717) is 30.6 Å². The molecule has 0 aromatic heterocycles. The topological polar surface area (TPSA) is 95.6 Å². The van der Waals surface area contributed by atoms with Crippen molar-refractivity contribution in [1.29, 1.82) is 0 Å². The van der Waals surface area contributed by atoms with E-state index in [1.165, 1.54) is 11.8 Å². The Hall–Kier alpha value is -2.96. The molecule has 0 spiro atoms. The number of rotatable bonds is 6. The summed E-state index contributed by atoms with van der Waals surface area (Å²) in [6, 6.07) is 6.81. The van der Waals surface area contributed by atoms with Crippen molar-refractivity contribution in [3.05, 3.63) is 36.4 Å². The van der Waals surface area contributed by atoms with Gasteiger partial charge in [0, 0.05) is 31.3 Å². The van der Waals surface area contributed by atoms with E-state index in [0.717, 1.165) is 0 Å². The van der Waals surface area contributed by atoms with E-state index >= 15 is 0 Å². The molecule has 4 amide bonds. The lowest BCUT2D eigenvalue weighted by Crippen LogP contribution is -2.32.